The Morgan fingerprint density at radius 1 is 1.28 bits per heavy atom. The Balaban J connectivity index is 2.27. The molecule has 0 unspecified atom stereocenters. The van der Waals surface area contributed by atoms with Gasteiger partial charge in [0.05, 0.1) is 18.1 Å². The molecule has 0 saturated heterocycles. The molecule has 92 valence electrons. The van der Waals surface area contributed by atoms with Gasteiger partial charge in [-0.3, -0.25) is 9.88 Å². The Morgan fingerprint density at radius 2 is 2.11 bits per heavy atom. The van der Waals surface area contributed by atoms with Gasteiger partial charge in [0.15, 0.2) is 0 Å². The summed E-state index contributed by atoms with van der Waals surface area (Å²) in [6.45, 7) is 4.33. The first-order valence-corrected chi connectivity index (χ1v) is 6.27. The van der Waals surface area contributed by atoms with Crippen molar-refractivity contribution in [3.8, 4) is 6.07 Å². The van der Waals surface area contributed by atoms with Gasteiger partial charge >= 0.3 is 0 Å². The molecule has 0 aliphatic carbocycles. The van der Waals surface area contributed by atoms with E-state index in [0.717, 1.165) is 30.4 Å². The molecule has 0 fully saturated rings. The molecule has 0 amide bonds. The fraction of sp³-hybridized carbons (Fsp3) is 0.333. The van der Waals surface area contributed by atoms with Gasteiger partial charge in [0.1, 0.15) is 0 Å². The minimum atomic E-state index is 0.469. The number of rotatable bonds is 5. The average molecular weight is 239 g/mol. The summed E-state index contributed by atoms with van der Waals surface area (Å²) in [5.74, 6) is 0. The highest BCUT2D eigenvalue weighted by molar-refractivity contribution is 5.81. The molecule has 0 radical (unpaired) electrons. The van der Waals surface area contributed by atoms with E-state index in [4.69, 9.17) is 5.26 Å². The van der Waals surface area contributed by atoms with Crippen LogP contribution >= 0.6 is 0 Å². The lowest BCUT2D eigenvalue weighted by Gasteiger charge is -2.18. The lowest BCUT2D eigenvalue weighted by Crippen LogP contribution is -2.24. The summed E-state index contributed by atoms with van der Waals surface area (Å²) in [4.78, 5) is 6.60. The third kappa shape index (κ3) is 2.85. The van der Waals surface area contributed by atoms with Crippen molar-refractivity contribution in [1.82, 2.24) is 9.88 Å². The molecule has 0 aliphatic heterocycles. The fourth-order valence-corrected chi connectivity index (χ4v) is 2.17. The molecule has 1 heterocycles. The molecule has 2 aromatic rings. The molecular formula is C15H17N3. The molecule has 2 rings (SSSR count). The standard InChI is InChI=1S/C15H17N3/c1-2-10-18(11-8-16)12-14-6-3-5-13-7-4-9-17-15(13)14/h3-7,9H,2,10-12H2,1H3. The fourth-order valence-electron chi connectivity index (χ4n) is 2.17. The normalized spacial score (nSPS) is 10.7. The molecule has 0 saturated carbocycles. The predicted molar refractivity (Wildman–Crippen MR) is 72.9 cm³/mol. The summed E-state index contributed by atoms with van der Waals surface area (Å²) >= 11 is 0. The van der Waals surface area contributed by atoms with Gasteiger partial charge in [-0.15, -0.1) is 0 Å². The molecule has 3 nitrogen and oxygen atoms in total. The van der Waals surface area contributed by atoms with Gasteiger partial charge in [0.2, 0.25) is 0 Å². The topological polar surface area (TPSA) is 39.9 Å². The van der Waals surface area contributed by atoms with E-state index >= 15 is 0 Å². The Kier molecular flexibility index (Phi) is 4.27. The molecule has 18 heavy (non-hydrogen) atoms. The number of para-hydroxylation sites is 1. The number of hydrogen-bond acceptors (Lipinski definition) is 3. The van der Waals surface area contributed by atoms with Crippen LogP contribution in [0.15, 0.2) is 36.5 Å². The third-order valence-electron chi connectivity index (χ3n) is 2.94. The van der Waals surface area contributed by atoms with Crippen LogP contribution in [0.5, 0.6) is 0 Å². The highest BCUT2D eigenvalue weighted by Gasteiger charge is 2.07. The van der Waals surface area contributed by atoms with E-state index in [1.165, 1.54) is 5.56 Å². The number of hydrogen-bond donors (Lipinski definition) is 0. The summed E-state index contributed by atoms with van der Waals surface area (Å²) in [6.07, 6.45) is 2.88. The van der Waals surface area contributed by atoms with Crippen LogP contribution < -0.4 is 0 Å². The van der Waals surface area contributed by atoms with Gasteiger partial charge in [-0.05, 0) is 24.6 Å². The molecule has 3 heteroatoms. The quantitative estimate of drug-likeness (QED) is 0.753. The first-order valence-electron chi connectivity index (χ1n) is 6.27. The van der Waals surface area contributed by atoms with E-state index in [1.54, 1.807) is 0 Å². The number of pyridine rings is 1. The lowest BCUT2D eigenvalue weighted by molar-refractivity contribution is 0.299. The van der Waals surface area contributed by atoms with Crippen molar-refractivity contribution in [2.45, 2.75) is 19.9 Å². The van der Waals surface area contributed by atoms with E-state index in [2.05, 4.69) is 47.1 Å². The summed E-state index contributed by atoms with van der Waals surface area (Å²) in [7, 11) is 0. The molecule has 0 spiro atoms. The van der Waals surface area contributed by atoms with Gasteiger partial charge in [-0.1, -0.05) is 31.2 Å². The van der Waals surface area contributed by atoms with Gasteiger partial charge in [-0.2, -0.15) is 5.26 Å². The van der Waals surface area contributed by atoms with E-state index < -0.39 is 0 Å². The van der Waals surface area contributed by atoms with Crippen LogP contribution in [0.1, 0.15) is 18.9 Å². The number of benzene rings is 1. The maximum Gasteiger partial charge on any atom is 0.0868 e. The smallest absolute Gasteiger partial charge is 0.0868 e. The number of nitrogens with zero attached hydrogens (tertiary/aromatic N) is 3. The average Bonchev–Trinajstić information content (AvgIpc) is 2.40. The Bertz CT molecular complexity index is 552. The van der Waals surface area contributed by atoms with Crippen LogP contribution in [0.4, 0.5) is 0 Å². The zero-order valence-electron chi connectivity index (χ0n) is 10.6. The van der Waals surface area contributed by atoms with Crippen LogP contribution in [-0.4, -0.2) is 23.0 Å². The third-order valence-corrected chi connectivity index (χ3v) is 2.94. The Morgan fingerprint density at radius 3 is 2.89 bits per heavy atom. The van der Waals surface area contributed by atoms with Crippen molar-refractivity contribution >= 4 is 10.9 Å². The van der Waals surface area contributed by atoms with Gasteiger partial charge in [-0.25, -0.2) is 0 Å². The van der Waals surface area contributed by atoms with Crippen molar-refractivity contribution in [3.63, 3.8) is 0 Å². The molecule has 1 aromatic heterocycles. The van der Waals surface area contributed by atoms with Crippen molar-refractivity contribution in [2.24, 2.45) is 0 Å². The van der Waals surface area contributed by atoms with Crippen molar-refractivity contribution in [2.75, 3.05) is 13.1 Å². The maximum atomic E-state index is 8.85. The summed E-state index contributed by atoms with van der Waals surface area (Å²) < 4.78 is 0. The van der Waals surface area contributed by atoms with Crippen LogP contribution in [0.2, 0.25) is 0 Å². The molecule has 0 N–H and O–H groups in total. The first kappa shape index (κ1) is 12.5. The van der Waals surface area contributed by atoms with Crippen LogP contribution in [-0.2, 0) is 6.54 Å². The molecule has 0 atom stereocenters. The Hall–Kier alpha value is -1.92. The molecular weight excluding hydrogens is 222 g/mol. The number of fused-ring (bicyclic) bond motifs is 1. The van der Waals surface area contributed by atoms with Gasteiger partial charge in [0.25, 0.3) is 0 Å². The minimum Gasteiger partial charge on any atom is -0.286 e. The van der Waals surface area contributed by atoms with Crippen molar-refractivity contribution in [1.29, 1.82) is 5.26 Å². The van der Waals surface area contributed by atoms with E-state index in [-0.39, 0.29) is 0 Å². The SMILES string of the molecule is CCCN(CC#N)Cc1cccc2cccnc12. The van der Waals surface area contributed by atoms with Crippen LogP contribution in [0.3, 0.4) is 0 Å². The monoisotopic (exact) mass is 239 g/mol. The second-order valence-corrected chi connectivity index (χ2v) is 4.36. The van der Waals surface area contributed by atoms with Gasteiger partial charge in [0, 0.05) is 18.1 Å². The lowest BCUT2D eigenvalue weighted by atomic mass is 10.1. The largest absolute Gasteiger partial charge is 0.286 e. The van der Waals surface area contributed by atoms with Crippen LogP contribution in [0.25, 0.3) is 10.9 Å². The van der Waals surface area contributed by atoms with Gasteiger partial charge < -0.3 is 0 Å². The second-order valence-electron chi connectivity index (χ2n) is 4.36. The Labute approximate surface area is 108 Å². The summed E-state index contributed by atoms with van der Waals surface area (Å²) in [5, 5.41) is 10.0. The summed E-state index contributed by atoms with van der Waals surface area (Å²) in [5.41, 5.74) is 2.23. The number of nitriles is 1. The first-order chi connectivity index (χ1) is 8.85. The van der Waals surface area contributed by atoms with E-state index in [9.17, 15) is 0 Å². The molecule has 1 aromatic carbocycles. The maximum absolute atomic E-state index is 8.85. The van der Waals surface area contributed by atoms with Crippen LogP contribution in [0, 0.1) is 11.3 Å². The minimum absolute atomic E-state index is 0.469. The van der Waals surface area contributed by atoms with E-state index in [0.29, 0.717) is 6.54 Å². The molecule has 0 bridgehead atoms. The van der Waals surface area contributed by atoms with Crippen molar-refractivity contribution in [3.05, 3.63) is 42.1 Å². The number of aromatic nitrogens is 1. The second kappa shape index (κ2) is 6.13. The predicted octanol–water partition coefficient (Wildman–Crippen LogP) is 2.97. The van der Waals surface area contributed by atoms with E-state index in [1.807, 2.05) is 12.3 Å². The zero-order chi connectivity index (χ0) is 12.8. The summed E-state index contributed by atoms with van der Waals surface area (Å²) in [6, 6.07) is 12.5. The van der Waals surface area contributed by atoms with Crippen molar-refractivity contribution < 1.29 is 0 Å². The zero-order valence-corrected chi connectivity index (χ0v) is 10.6. The molecule has 0 aliphatic rings. The highest BCUT2D eigenvalue weighted by Crippen LogP contribution is 2.17. The highest BCUT2D eigenvalue weighted by atomic mass is 15.1.